The number of nitrogens with one attached hydrogen (secondary N) is 1. The predicted molar refractivity (Wildman–Crippen MR) is 93.8 cm³/mol. The molecule has 134 valence electrons. The zero-order valence-electron chi connectivity index (χ0n) is 14.4. The van der Waals surface area contributed by atoms with Crippen molar-refractivity contribution in [2.45, 2.75) is 25.4 Å². The number of carbonyl (C=O) groups is 1. The number of carboxylic acid groups (broad SMARTS) is 1. The molecule has 4 rings (SSSR count). The minimum atomic E-state index is -1.08. The van der Waals surface area contributed by atoms with Crippen LogP contribution in [-0.2, 0) is 11.2 Å². The van der Waals surface area contributed by atoms with Crippen molar-refractivity contribution in [3.05, 3.63) is 59.3 Å². The summed E-state index contributed by atoms with van der Waals surface area (Å²) in [5, 5.41) is 24.6. The maximum Gasteiger partial charge on any atom is 0.160 e. The number of aliphatic carboxylic acids is 1. The second-order valence-corrected chi connectivity index (χ2v) is 6.52. The van der Waals surface area contributed by atoms with Gasteiger partial charge in [0.1, 0.15) is 6.04 Å². The van der Waals surface area contributed by atoms with E-state index in [4.69, 9.17) is 4.74 Å². The van der Waals surface area contributed by atoms with E-state index in [-0.39, 0.29) is 11.8 Å². The van der Waals surface area contributed by atoms with Crippen LogP contribution in [0, 0.1) is 0 Å². The highest BCUT2D eigenvalue weighted by Crippen LogP contribution is 2.35. The van der Waals surface area contributed by atoms with Crippen LogP contribution in [0.3, 0.4) is 0 Å². The number of H-pyrrole nitrogens is 1. The second-order valence-electron chi connectivity index (χ2n) is 6.52. The molecule has 2 aromatic carbocycles. The van der Waals surface area contributed by atoms with E-state index in [1.165, 1.54) is 0 Å². The average Bonchev–Trinajstić information content (AvgIpc) is 3.01. The van der Waals surface area contributed by atoms with Crippen LogP contribution in [0.2, 0.25) is 0 Å². The molecule has 0 amide bonds. The number of aromatic nitrogens is 1. The van der Waals surface area contributed by atoms with Gasteiger partial charge in [-0.25, -0.2) is 0 Å². The van der Waals surface area contributed by atoms with E-state index in [0.29, 0.717) is 18.8 Å². The van der Waals surface area contributed by atoms with Crippen molar-refractivity contribution >= 4 is 16.9 Å². The summed E-state index contributed by atoms with van der Waals surface area (Å²) >= 11 is 0. The normalized spacial score (nSPS) is 19.3. The van der Waals surface area contributed by atoms with Gasteiger partial charge in [0.2, 0.25) is 0 Å². The molecule has 0 saturated carbocycles. The minimum Gasteiger partial charge on any atom is -0.544 e. The average molecular weight is 352 g/mol. The molecule has 0 saturated heterocycles. The summed E-state index contributed by atoms with van der Waals surface area (Å²) in [5.41, 5.74) is 3.75. The van der Waals surface area contributed by atoms with E-state index in [9.17, 15) is 15.0 Å². The number of rotatable bonds is 4. The molecule has 2 atom stereocenters. The van der Waals surface area contributed by atoms with Gasteiger partial charge >= 0.3 is 0 Å². The maximum absolute atomic E-state index is 11.6. The number of phenols is 1. The number of hydrogen-bond donors (Lipinski definition) is 3. The minimum absolute atomic E-state index is 0.0472. The number of hydrogen-bond acceptors (Lipinski definition) is 4. The number of quaternary nitrogens is 1. The van der Waals surface area contributed by atoms with Crippen LogP contribution in [0.25, 0.3) is 10.9 Å². The number of para-hydroxylation sites is 1. The quantitative estimate of drug-likeness (QED) is 0.640. The number of carboxylic acids is 1. The highest BCUT2D eigenvalue weighted by molar-refractivity contribution is 5.86. The molecule has 6 nitrogen and oxygen atoms in total. The van der Waals surface area contributed by atoms with E-state index in [2.05, 4.69) is 4.98 Å². The molecular formula is C20H20N2O4. The Kier molecular flexibility index (Phi) is 4.05. The van der Waals surface area contributed by atoms with Gasteiger partial charge in [-0.05, 0) is 36.8 Å². The summed E-state index contributed by atoms with van der Waals surface area (Å²) in [7, 11) is 0. The third-order valence-electron chi connectivity index (χ3n) is 4.95. The molecule has 1 aliphatic rings. The Balaban J connectivity index is 1.83. The Hall–Kier alpha value is -2.99. The lowest BCUT2D eigenvalue weighted by Gasteiger charge is -2.29. The van der Waals surface area contributed by atoms with E-state index in [1.807, 2.05) is 37.3 Å². The smallest absolute Gasteiger partial charge is 0.160 e. The van der Waals surface area contributed by atoms with Gasteiger partial charge in [0.05, 0.1) is 18.3 Å². The van der Waals surface area contributed by atoms with Crippen LogP contribution < -0.4 is 15.2 Å². The molecule has 26 heavy (non-hydrogen) atoms. The lowest BCUT2D eigenvalue weighted by Crippen LogP contribution is -2.95. The second kappa shape index (κ2) is 6.38. The van der Waals surface area contributed by atoms with E-state index >= 15 is 0 Å². The van der Waals surface area contributed by atoms with E-state index in [0.717, 1.165) is 27.7 Å². The van der Waals surface area contributed by atoms with Crippen LogP contribution in [-0.4, -0.2) is 28.7 Å². The third kappa shape index (κ3) is 2.68. The monoisotopic (exact) mass is 352 g/mol. The summed E-state index contributed by atoms with van der Waals surface area (Å²) < 4.78 is 5.38. The fraction of sp³-hybridized carbons (Fsp3) is 0.250. The number of phenolic OH excluding ortho intramolecular Hbond substituents is 1. The van der Waals surface area contributed by atoms with Crippen LogP contribution >= 0.6 is 0 Å². The van der Waals surface area contributed by atoms with Crippen molar-refractivity contribution in [3.8, 4) is 11.5 Å². The molecule has 2 heterocycles. The lowest BCUT2D eigenvalue weighted by molar-refractivity contribution is -0.717. The number of fused-ring (bicyclic) bond motifs is 3. The zero-order chi connectivity index (χ0) is 18.3. The summed E-state index contributed by atoms with van der Waals surface area (Å²) in [6.45, 7) is 2.31. The topological polar surface area (TPSA) is 102 Å². The van der Waals surface area contributed by atoms with E-state index in [1.54, 1.807) is 17.4 Å². The van der Waals surface area contributed by atoms with Crippen molar-refractivity contribution in [1.29, 1.82) is 0 Å². The van der Waals surface area contributed by atoms with Crippen molar-refractivity contribution in [3.63, 3.8) is 0 Å². The van der Waals surface area contributed by atoms with Crippen molar-refractivity contribution in [2.75, 3.05) is 6.61 Å². The fourth-order valence-corrected chi connectivity index (χ4v) is 3.77. The molecule has 0 bridgehead atoms. The van der Waals surface area contributed by atoms with Crippen LogP contribution in [0.15, 0.2) is 42.5 Å². The Bertz CT molecular complexity index is 979. The predicted octanol–water partition coefficient (Wildman–Crippen LogP) is 0.600. The Morgan fingerprint density at radius 2 is 2.15 bits per heavy atom. The standard InChI is InChI=1S/C20H20N2O4/c1-2-26-17-8-7-11(9-16(17)23)18-19-13(10-15(22-18)20(24)25)12-5-3-4-6-14(12)21-19/h3-9,15,18,21-23H,2,10H2,1H3,(H,24,25)/t15-,18+/m1/s1. The molecule has 0 aliphatic carbocycles. The molecule has 0 unspecified atom stereocenters. The number of ether oxygens (including phenoxy) is 1. The van der Waals surface area contributed by atoms with Crippen molar-refractivity contribution in [2.24, 2.45) is 0 Å². The molecule has 4 N–H and O–H groups in total. The first-order chi connectivity index (χ1) is 12.6. The van der Waals surface area contributed by atoms with Gasteiger partial charge in [0, 0.05) is 22.9 Å². The van der Waals surface area contributed by atoms with Gasteiger partial charge < -0.3 is 30.0 Å². The van der Waals surface area contributed by atoms with Crippen LogP contribution in [0.4, 0.5) is 0 Å². The first kappa shape index (κ1) is 16.5. The first-order valence-electron chi connectivity index (χ1n) is 8.69. The molecule has 1 aliphatic heterocycles. The number of aromatic hydroxyl groups is 1. The summed E-state index contributed by atoms with van der Waals surface area (Å²) in [6.07, 6.45) is 0.404. The largest absolute Gasteiger partial charge is 0.544 e. The first-order valence-corrected chi connectivity index (χ1v) is 8.69. The number of aromatic amines is 1. The van der Waals surface area contributed by atoms with Crippen molar-refractivity contribution < 1.29 is 25.1 Å². The molecule has 3 aromatic rings. The molecule has 0 spiro atoms. The highest BCUT2D eigenvalue weighted by atomic mass is 16.5. The van der Waals surface area contributed by atoms with Crippen LogP contribution in [0.5, 0.6) is 11.5 Å². The fourth-order valence-electron chi connectivity index (χ4n) is 3.77. The van der Waals surface area contributed by atoms with Gasteiger partial charge in [-0.15, -0.1) is 0 Å². The van der Waals surface area contributed by atoms with Gasteiger partial charge in [-0.2, -0.15) is 0 Å². The van der Waals surface area contributed by atoms with Gasteiger partial charge in [0.25, 0.3) is 0 Å². The molecule has 6 heteroatoms. The summed E-state index contributed by atoms with van der Waals surface area (Å²) in [6, 6.07) is 12.1. The number of carbonyl (C=O) groups excluding carboxylic acids is 1. The third-order valence-corrected chi connectivity index (χ3v) is 4.95. The Morgan fingerprint density at radius 1 is 1.35 bits per heavy atom. The Labute approximate surface area is 150 Å². The van der Waals surface area contributed by atoms with Gasteiger partial charge in [-0.1, -0.05) is 18.2 Å². The van der Waals surface area contributed by atoms with Crippen molar-refractivity contribution in [1.82, 2.24) is 4.98 Å². The number of nitrogens with two attached hydrogens (primary N) is 1. The van der Waals surface area contributed by atoms with Crippen LogP contribution in [0.1, 0.15) is 29.8 Å². The molecule has 0 fully saturated rings. The molecule has 1 aromatic heterocycles. The SMILES string of the molecule is CCOc1ccc([C@@H]2[NH2+][C@@H](C(=O)[O-])Cc3c2[nH]c2ccccc32)cc1O. The van der Waals surface area contributed by atoms with Gasteiger partial charge in [-0.3, -0.25) is 0 Å². The lowest BCUT2D eigenvalue weighted by atomic mass is 9.90. The maximum atomic E-state index is 11.6. The summed E-state index contributed by atoms with van der Waals surface area (Å²) in [4.78, 5) is 15.0. The highest BCUT2D eigenvalue weighted by Gasteiger charge is 2.35. The zero-order valence-corrected chi connectivity index (χ0v) is 14.4. The molecular weight excluding hydrogens is 332 g/mol. The van der Waals surface area contributed by atoms with Gasteiger partial charge in [0.15, 0.2) is 17.5 Å². The van der Waals surface area contributed by atoms with E-state index < -0.39 is 12.0 Å². The number of benzene rings is 2. The Morgan fingerprint density at radius 3 is 2.88 bits per heavy atom. The molecule has 0 radical (unpaired) electrons. The summed E-state index contributed by atoms with van der Waals surface area (Å²) in [5.74, 6) is -0.618.